The maximum Gasteiger partial charge on any atom is 0.321 e. The van der Waals surface area contributed by atoms with E-state index in [1.807, 2.05) is 0 Å². The number of allylic oxidation sites excluding steroid dienone is 2. The molecule has 2 aliphatic carbocycles. The summed E-state index contributed by atoms with van der Waals surface area (Å²) >= 11 is 0. The lowest BCUT2D eigenvalue weighted by Gasteiger charge is -2.50. The Hall–Kier alpha value is 0.448. The zero-order chi connectivity index (χ0) is 16.4. The Labute approximate surface area is 139 Å². The molecule has 1 aliphatic heterocycles. The molecule has 1 saturated carbocycles. The van der Waals surface area contributed by atoms with Crippen LogP contribution in [0.2, 0.25) is 51.4 Å². The van der Waals surface area contributed by atoms with Gasteiger partial charge < -0.3 is 16.5 Å². The summed E-state index contributed by atoms with van der Waals surface area (Å²) in [5.41, 5.74) is 0.552. The highest BCUT2D eigenvalue weighted by atomic mass is 28.5. The Morgan fingerprint density at radius 1 is 0.682 bits per heavy atom. The molecule has 8 heteroatoms. The van der Waals surface area contributed by atoms with Crippen molar-refractivity contribution in [3.8, 4) is 0 Å². The van der Waals surface area contributed by atoms with Crippen LogP contribution in [0.15, 0.2) is 12.2 Å². The Morgan fingerprint density at radius 2 is 1.18 bits per heavy atom. The molecule has 0 amide bonds. The molecule has 1 heterocycles. The average Bonchev–Trinajstić information content (AvgIpc) is 2.82. The normalized spacial score (nSPS) is 41.1. The smallest absolute Gasteiger partial charge is 0.321 e. The standard InChI is InChI=1S/C14H30O4Si4/c1-19(2)15-20(3,4)17-22(7,18-21(5,6)16-19)14-11-12-8-9-13(14)10-12/h8-9,12-14H,10-11H2,1-7H3. The summed E-state index contributed by atoms with van der Waals surface area (Å²) in [7, 11) is -8.97. The molecule has 4 nitrogen and oxygen atoms in total. The third kappa shape index (κ3) is 3.44. The monoisotopic (exact) mass is 374 g/mol. The van der Waals surface area contributed by atoms with Gasteiger partial charge in [-0.2, -0.15) is 0 Å². The molecule has 3 unspecified atom stereocenters. The van der Waals surface area contributed by atoms with Crippen molar-refractivity contribution >= 4 is 34.2 Å². The maximum absolute atomic E-state index is 6.76. The van der Waals surface area contributed by atoms with Crippen LogP contribution in [0, 0.1) is 11.8 Å². The van der Waals surface area contributed by atoms with E-state index in [1.54, 1.807) is 0 Å². The van der Waals surface area contributed by atoms with Crippen LogP contribution < -0.4 is 0 Å². The van der Waals surface area contributed by atoms with Crippen molar-refractivity contribution in [1.82, 2.24) is 0 Å². The molecule has 2 fully saturated rings. The van der Waals surface area contributed by atoms with Gasteiger partial charge in [-0.3, -0.25) is 0 Å². The largest absolute Gasteiger partial charge is 0.416 e. The number of fused-ring (bicyclic) bond motifs is 2. The van der Waals surface area contributed by atoms with Crippen LogP contribution in [0.25, 0.3) is 0 Å². The number of hydrogen-bond donors (Lipinski definition) is 0. The zero-order valence-corrected chi connectivity index (χ0v) is 18.9. The lowest BCUT2D eigenvalue weighted by atomic mass is 10.1. The van der Waals surface area contributed by atoms with E-state index >= 15 is 0 Å². The fourth-order valence-electron chi connectivity index (χ4n) is 4.78. The minimum absolute atomic E-state index is 0.552. The molecule has 0 aromatic carbocycles. The second-order valence-corrected chi connectivity index (χ2v) is 22.9. The minimum Gasteiger partial charge on any atom is -0.416 e. The van der Waals surface area contributed by atoms with E-state index in [2.05, 4.69) is 58.0 Å². The Balaban J connectivity index is 1.91. The maximum atomic E-state index is 6.76. The highest BCUT2D eigenvalue weighted by Gasteiger charge is 2.58. The van der Waals surface area contributed by atoms with Crippen LogP contribution in [0.3, 0.4) is 0 Å². The minimum atomic E-state index is -2.33. The fraction of sp³-hybridized carbons (Fsp3) is 0.857. The Morgan fingerprint density at radius 3 is 1.59 bits per heavy atom. The molecule has 0 aromatic rings. The van der Waals surface area contributed by atoms with Gasteiger partial charge in [0.15, 0.2) is 0 Å². The van der Waals surface area contributed by atoms with Gasteiger partial charge >= 0.3 is 34.2 Å². The highest BCUT2D eigenvalue weighted by molar-refractivity contribution is 6.93. The van der Waals surface area contributed by atoms with Crippen LogP contribution in [0.5, 0.6) is 0 Å². The van der Waals surface area contributed by atoms with E-state index in [1.165, 1.54) is 12.8 Å². The van der Waals surface area contributed by atoms with E-state index in [4.69, 9.17) is 16.5 Å². The molecule has 3 atom stereocenters. The molecule has 22 heavy (non-hydrogen) atoms. The number of rotatable bonds is 1. The van der Waals surface area contributed by atoms with Crippen molar-refractivity contribution in [2.24, 2.45) is 11.8 Å². The van der Waals surface area contributed by atoms with Crippen LogP contribution in [-0.4, -0.2) is 34.2 Å². The van der Waals surface area contributed by atoms with E-state index in [0.717, 1.165) is 5.92 Å². The topological polar surface area (TPSA) is 36.9 Å². The first-order valence-electron chi connectivity index (χ1n) is 8.39. The van der Waals surface area contributed by atoms with E-state index < -0.39 is 34.2 Å². The summed E-state index contributed by atoms with van der Waals surface area (Å²) in [6, 6.07) is 0. The molecule has 1 saturated heterocycles. The first-order valence-corrected chi connectivity index (χ1v) is 19.2. The summed E-state index contributed by atoms with van der Waals surface area (Å²) in [6.07, 6.45) is 7.29. The van der Waals surface area contributed by atoms with Gasteiger partial charge in [-0.1, -0.05) is 12.2 Å². The summed E-state index contributed by atoms with van der Waals surface area (Å²) in [6.45, 7) is 15.1. The second-order valence-electron chi connectivity index (χ2n) is 8.51. The van der Waals surface area contributed by atoms with Crippen LogP contribution in [0.4, 0.5) is 0 Å². The average molecular weight is 375 g/mol. The quantitative estimate of drug-likeness (QED) is 0.509. The van der Waals surface area contributed by atoms with Gasteiger partial charge in [-0.25, -0.2) is 0 Å². The Bertz CT molecular complexity index is 469. The first-order chi connectivity index (χ1) is 9.90. The van der Waals surface area contributed by atoms with Gasteiger partial charge in [0.2, 0.25) is 0 Å². The van der Waals surface area contributed by atoms with Crippen molar-refractivity contribution in [3.05, 3.63) is 12.2 Å². The van der Waals surface area contributed by atoms with Crippen LogP contribution in [0.1, 0.15) is 12.8 Å². The van der Waals surface area contributed by atoms with Crippen molar-refractivity contribution in [1.29, 1.82) is 0 Å². The summed E-state index contributed by atoms with van der Waals surface area (Å²) in [5.74, 6) is 1.38. The molecule has 0 radical (unpaired) electrons. The van der Waals surface area contributed by atoms with Crippen molar-refractivity contribution < 1.29 is 16.5 Å². The molecule has 126 valence electrons. The molecule has 3 aliphatic rings. The van der Waals surface area contributed by atoms with Crippen molar-refractivity contribution in [2.75, 3.05) is 0 Å². The summed E-state index contributed by atoms with van der Waals surface area (Å²) in [5, 5.41) is 0. The SMILES string of the molecule is C[Si]1(C)O[Si](C)(C)O[Si](C)(C2CC3C=CC2C3)O[Si](C)(C)O1. The van der Waals surface area contributed by atoms with Gasteiger partial charge in [0.1, 0.15) is 0 Å². The van der Waals surface area contributed by atoms with Crippen molar-refractivity contribution in [2.45, 2.75) is 64.2 Å². The zero-order valence-electron chi connectivity index (χ0n) is 14.9. The van der Waals surface area contributed by atoms with E-state index in [0.29, 0.717) is 11.5 Å². The molecule has 0 aromatic heterocycles. The van der Waals surface area contributed by atoms with Crippen LogP contribution >= 0.6 is 0 Å². The van der Waals surface area contributed by atoms with Gasteiger partial charge in [0.25, 0.3) is 0 Å². The van der Waals surface area contributed by atoms with E-state index in [9.17, 15) is 0 Å². The van der Waals surface area contributed by atoms with Gasteiger partial charge in [-0.15, -0.1) is 0 Å². The van der Waals surface area contributed by atoms with Crippen LogP contribution in [-0.2, 0) is 16.5 Å². The molecule has 0 spiro atoms. The first kappa shape index (κ1) is 17.3. The predicted octanol–water partition coefficient (Wildman–Crippen LogP) is 4.21. The van der Waals surface area contributed by atoms with Gasteiger partial charge in [-0.05, 0) is 70.5 Å². The third-order valence-electron chi connectivity index (χ3n) is 4.83. The van der Waals surface area contributed by atoms with Gasteiger partial charge in [0, 0.05) is 5.54 Å². The Kier molecular flexibility index (Phi) is 4.10. The molecule has 2 bridgehead atoms. The number of hydrogen-bond acceptors (Lipinski definition) is 4. The predicted molar refractivity (Wildman–Crippen MR) is 97.5 cm³/mol. The van der Waals surface area contributed by atoms with Crippen molar-refractivity contribution in [3.63, 3.8) is 0 Å². The molecule has 3 rings (SSSR count). The lowest BCUT2D eigenvalue weighted by molar-refractivity contribution is 0.223. The molecular formula is C14H30O4Si4. The van der Waals surface area contributed by atoms with E-state index in [-0.39, 0.29) is 0 Å². The summed E-state index contributed by atoms with van der Waals surface area (Å²) in [4.78, 5) is 0. The van der Waals surface area contributed by atoms with Gasteiger partial charge in [0.05, 0.1) is 0 Å². The third-order valence-corrected chi connectivity index (χ3v) is 21.9. The highest BCUT2D eigenvalue weighted by Crippen LogP contribution is 2.53. The lowest BCUT2D eigenvalue weighted by Crippen LogP contribution is -2.66. The fourth-order valence-corrected chi connectivity index (χ4v) is 27.2. The second kappa shape index (κ2) is 5.22. The molecule has 0 N–H and O–H groups in total. The summed E-state index contributed by atoms with van der Waals surface area (Å²) < 4.78 is 26.4. The molecular weight excluding hydrogens is 344 g/mol.